The monoisotopic (exact) mass is 456 g/mol. The normalized spacial score (nSPS) is 11.7. The van der Waals surface area contributed by atoms with Crippen LogP contribution < -0.4 is 5.73 Å². The lowest BCUT2D eigenvalue weighted by Gasteiger charge is -2.07. The number of allylic oxidation sites excluding steroid dienone is 4. The Labute approximate surface area is 191 Å². The number of anilines is 1. The summed E-state index contributed by atoms with van der Waals surface area (Å²) >= 11 is 3.00. The van der Waals surface area contributed by atoms with Gasteiger partial charge in [-0.05, 0) is 44.5 Å². The first kappa shape index (κ1) is 24.4. The lowest BCUT2D eigenvalue weighted by Crippen LogP contribution is -1.99. The molecular formula is C23H28N4O2S2. The van der Waals surface area contributed by atoms with Crippen molar-refractivity contribution in [3.05, 3.63) is 64.3 Å². The molecule has 3 rings (SSSR count). The molecular weight excluding hydrogens is 428 g/mol. The number of aromatic nitrogens is 3. The number of carbonyl (C=O) groups excluding carboxylic acids is 1. The first-order chi connectivity index (χ1) is 14.9. The van der Waals surface area contributed by atoms with Crippen LogP contribution in [0.4, 0.5) is 5.13 Å². The van der Waals surface area contributed by atoms with Gasteiger partial charge in [0.2, 0.25) is 0 Å². The van der Waals surface area contributed by atoms with Crippen molar-refractivity contribution in [3.8, 4) is 0 Å². The summed E-state index contributed by atoms with van der Waals surface area (Å²) in [5.74, 6) is 1.00. The van der Waals surface area contributed by atoms with Gasteiger partial charge in [0.1, 0.15) is 16.6 Å². The molecule has 3 aromatic rings. The van der Waals surface area contributed by atoms with Crippen molar-refractivity contribution in [1.29, 1.82) is 0 Å². The molecule has 0 aliphatic rings. The Hall–Kier alpha value is -2.84. The first-order valence-corrected chi connectivity index (χ1v) is 11.6. The van der Waals surface area contributed by atoms with E-state index in [0.29, 0.717) is 24.6 Å². The van der Waals surface area contributed by atoms with Crippen LogP contribution >= 0.6 is 22.7 Å². The van der Waals surface area contributed by atoms with Crippen molar-refractivity contribution in [2.75, 3.05) is 12.3 Å². The molecule has 8 heteroatoms. The Morgan fingerprint density at radius 1 is 1.26 bits per heavy atom. The molecule has 0 aliphatic carbocycles. The van der Waals surface area contributed by atoms with Gasteiger partial charge in [-0.25, -0.2) is 4.98 Å². The number of rotatable bonds is 8. The molecule has 1 aromatic carbocycles. The molecule has 0 atom stereocenters. The van der Waals surface area contributed by atoms with E-state index < -0.39 is 0 Å². The summed E-state index contributed by atoms with van der Waals surface area (Å²) in [4.78, 5) is 15.5. The van der Waals surface area contributed by atoms with Gasteiger partial charge in [-0.1, -0.05) is 54.4 Å². The molecule has 0 amide bonds. The predicted octanol–water partition coefficient (Wildman–Crippen LogP) is 5.76. The Bertz CT molecular complexity index is 1100. The van der Waals surface area contributed by atoms with Gasteiger partial charge in [0.05, 0.1) is 22.4 Å². The summed E-state index contributed by atoms with van der Waals surface area (Å²) in [5, 5.41) is 10.5. The molecule has 0 bridgehead atoms. The molecule has 0 aliphatic heterocycles. The Morgan fingerprint density at radius 3 is 2.61 bits per heavy atom. The van der Waals surface area contributed by atoms with Gasteiger partial charge < -0.3 is 10.5 Å². The number of fused-ring (bicyclic) bond motifs is 1. The van der Waals surface area contributed by atoms with E-state index in [1.165, 1.54) is 11.3 Å². The van der Waals surface area contributed by atoms with Gasteiger partial charge in [-0.3, -0.25) is 4.79 Å². The summed E-state index contributed by atoms with van der Waals surface area (Å²) in [5.41, 5.74) is 8.49. The van der Waals surface area contributed by atoms with E-state index in [1.54, 1.807) is 17.4 Å². The number of aryl methyl sites for hydroxylation is 1. The molecule has 6 nitrogen and oxygen atoms in total. The number of benzene rings is 1. The summed E-state index contributed by atoms with van der Waals surface area (Å²) < 4.78 is 6.57. The van der Waals surface area contributed by atoms with Crippen molar-refractivity contribution in [2.45, 2.75) is 40.5 Å². The first-order valence-electron chi connectivity index (χ1n) is 10.0. The number of thiazole rings is 1. The molecule has 2 heterocycles. The lowest BCUT2D eigenvalue weighted by molar-refractivity contribution is -0.118. The van der Waals surface area contributed by atoms with Gasteiger partial charge in [-0.15, -0.1) is 10.2 Å². The topological polar surface area (TPSA) is 91.0 Å². The second-order valence-electron chi connectivity index (χ2n) is 6.46. The highest BCUT2D eigenvalue weighted by atomic mass is 32.1. The van der Waals surface area contributed by atoms with Crippen LogP contribution in [0.1, 0.15) is 42.8 Å². The van der Waals surface area contributed by atoms with E-state index in [9.17, 15) is 4.79 Å². The number of hydrogen-bond acceptors (Lipinski definition) is 8. The van der Waals surface area contributed by atoms with E-state index in [2.05, 4.69) is 21.8 Å². The second-order valence-corrected chi connectivity index (χ2v) is 8.71. The fourth-order valence-electron chi connectivity index (χ4n) is 2.68. The van der Waals surface area contributed by atoms with Gasteiger partial charge in [0.15, 0.2) is 10.1 Å². The number of nitrogen functional groups attached to an aromatic ring is 1. The van der Waals surface area contributed by atoms with Crippen molar-refractivity contribution < 1.29 is 9.53 Å². The van der Waals surface area contributed by atoms with E-state index in [0.717, 1.165) is 37.1 Å². The summed E-state index contributed by atoms with van der Waals surface area (Å²) in [6.45, 7) is 12.1. The van der Waals surface area contributed by atoms with Crippen LogP contribution in [0.3, 0.4) is 0 Å². The van der Waals surface area contributed by atoms with Crippen molar-refractivity contribution >= 4 is 49.4 Å². The minimum absolute atomic E-state index is 0.256. The van der Waals surface area contributed by atoms with Gasteiger partial charge in [0, 0.05) is 12.8 Å². The number of ether oxygens (including phenoxy) is 1. The van der Waals surface area contributed by atoms with Crippen LogP contribution in [-0.2, 0) is 16.0 Å². The van der Waals surface area contributed by atoms with Crippen LogP contribution in [-0.4, -0.2) is 27.6 Å². The van der Waals surface area contributed by atoms with E-state index in [1.807, 2.05) is 58.0 Å². The highest BCUT2D eigenvalue weighted by Gasteiger charge is 2.10. The maximum atomic E-state index is 11.3. The number of ketones is 1. The van der Waals surface area contributed by atoms with E-state index in [4.69, 9.17) is 10.5 Å². The third-order valence-electron chi connectivity index (χ3n) is 4.11. The average molecular weight is 457 g/mol. The predicted molar refractivity (Wildman–Crippen MR) is 131 cm³/mol. The number of carbonyl (C=O) groups is 1. The van der Waals surface area contributed by atoms with E-state index in [-0.39, 0.29) is 5.78 Å². The maximum Gasteiger partial charge on any atom is 0.181 e. The molecule has 0 fully saturated rings. The summed E-state index contributed by atoms with van der Waals surface area (Å²) in [6, 6.07) is 5.85. The van der Waals surface area contributed by atoms with Crippen LogP contribution in [0, 0.1) is 6.92 Å². The largest absolute Gasteiger partial charge is 0.493 e. The van der Waals surface area contributed by atoms with Gasteiger partial charge >= 0.3 is 0 Å². The Morgan fingerprint density at radius 2 is 2.03 bits per heavy atom. The second kappa shape index (κ2) is 12.1. The van der Waals surface area contributed by atoms with Crippen LogP contribution in [0.2, 0.25) is 0 Å². The fourth-order valence-corrected chi connectivity index (χ4v) is 4.20. The molecule has 0 spiro atoms. The van der Waals surface area contributed by atoms with Crippen LogP contribution in [0.15, 0.2) is 48.8 Å². The zero-order valence-electron chi connectivity index (χ0n) is 18.3. The molecule has 31 heavy (non-hydrogen) atoms. The third-order valence-corrected chi connectivity index (χ3v) is 5.82. The Kier molecular flexibility index (Phi) is 9.55. The maximum absolute atomic E-state index is 11.3. The zero-order chi connectivity index (χ0) is 22.8. The number of Topliss-reactive ketones (excluding diaryl/α,β-unsaturated/α-hetero) is 1. The van der Waals surface area contributed by atoms with Crippen molar-refractivity contribution in [3.63, 3.8) is 0 Å². The van der Waals surface area contributed by atoms with Gasteiger partial charge in [-0.2, -0.15) is 0 Å². The lowest BCUT2D eigenvalue weighted by atomic mass is 10.1. The molecule has 0 radical (unpaired) electrons. The van der Waals surface area contributed by atoms with E-state index >= 15 is 0 Å². The average Bonchev–Trinajstić information content (AvgIpc) is 3.35. The minimum atomic E-state index is 0.256. The number of nitrogens with two attached hydrogens (primary N) is 1. The molecule has 2 N–H and O–H groups in total. The number of nitrogens with zero attached hydrogens (tertiary/aromatic N) is 3. The molecule has 0 saturated heterocycles. The van der Waals surface area contributed by atoms with Crippen molar-refractivity contribution in [2.24, 2.45) is 0 Å². The molecule has 0 unspecified atom stereocenters. The third kappa shape index (κ3) is 7.11. The fraction of sp³-hybridized carbons (Fsp3) is 0.304. The molecule has 164 valence electrons. The van der Waals surface area contributed by atoms with Crippen LogP contribution in [0.25, 0.3) is 15.8 Å². The zero-order valence-corrected chi connectivity index (χ0v) is 20.0. The quantitative estimate of drug-likeness (QED) is 0.342. The highest BCUT2D eigenvalue weighted by molar-refractivity contribution is 7.22. The molecule has 0 saturated carbocycles. The summed E-state index contributed by atoms with van der Waals surface area (Å²) in [7, 11) is 0. The smallest absolute Gasteiger partial charge is 0.181 e. The van der Waals surface area contributed by atoms with Crippen molar-refractivity contribution in [1.82, 2.24) is 15.2 Å². The standard InChI is InChI=1S/C12H16N2OS.C11H12N2OS/c1-5-8-10(11(6-2)15-7-3)12-14-13-9(4)16-12;1-2-8(14)5-7-3-4-9-10(6-7)15-11(12)13-9/h5-6,8H,2,7H2,1,3-4H3;3-4,6H,2,5H2,1H3,(H2,12,13)/b8-5-,11-10-;. The highest BCUT2D eigenvalue weighted by Crippen LogP contribution is 2.25. The minimum Gasteiger partial charge on any atom is -0.493 e. The number of hydrogen-bond donors (Lipinski definition) is 1. The van der Waals surface area contributed by atoms with Gasteiger partial charge in [0.25, 0.3) is 0 Å². The van der Waals surface area contributed by atoms with Crippen LogP contribution in [0.5, 0.6) is 0 Å². The Balaban J connectivity index is 0.000000220. The summed E-state index contributed by atoms with van der Waals surface area (Å²) in [6.07, 6.45) is 6.71. The SMILES string of the molecule is C=C/C(OCC)=C(\C=C/C)c1nnc(C)s1.CCC(=O)Cc1ccc2nc(N)sc2c1. The molecule has 2 aromatic heterocycles.